The minimum Gasteiger partial charge on any atom is -0.328 e. The average molecular weight is 331 g/mol. The first-order valence-electron chi connectivity index (χ1n) is 7.39. The lowest BCUT2D eigenvalue weighted by Gasteiger charge is -2.34. The van der Waals surface area contributed by atoms with E-state index in [1.165, 1.54) is 0 Å². The zero-order chi connectivity index (χ0) is 15.6. The molecule has 0 bridgehead atoms. The highest BCUT2D eigenvalue weighted by molar-refractivity contribution is 7.89. The molecule has 1 aromatic rings. The van der Waals surface area contributed by atoms with Crippen LogP contribution in [0.5, 0.6) is 0 Å². The third-order valence-corrected chi connectivity index (χ3v) is 6.64. The summed E-state index contributed by atoms with van der Waals surface area (Å²) < 4.78 is 27.4. The first-order valence-corrected chi connectivity index (χ1v) is 9.21. The Morgan fingerprint density at radius 1 is 1.29 bits per heavy atom. The van der Waals surface area contributed by atoms with Crippen molar-refractivity contribution in [3.63, 3.8) is 0 Å². The van der Waals surface area contributed by atoms with E-state index in [0.29, 0.717) is 11.6 Å². The molecule has 21 heavy (non-hydrogen) atoms. The van der Waals surface area contributed by atoms with Gasteiger partial charge in [-0.3, -0.25) is 0 Å². The molecule has 6 heteroatoms. The van der Waals surface area contributed by atoms with Crippen LogP contribution in [0.1, 0.15) is 38.2 Å². The molecule has 0 radical (unpaired) electrons. The molecule has 4 nitrogen and oxygen atoms in total. The standard InChI is InChI=1S/C15H23ClN2O2S/c1-3-18(13-7-5-12(17)6-8-13)21(19,20)15-9-4-11(2)10-14(15)16/h4,9-10,12-13H,3,5-8,17H2,1-2H3. The number of hydrogen-bond acceptors (Lipinski definition) is 3. The molecule has 0 atom stereocenters. The molecule has 0 heterocycles. The van der Waals surface area contributed by atoms with Crippen LogP contribution >= 0.6 is 11.6 Å². The Hall–Kier alpha value is -0.620. The predicted molar refractivity (Wildman–Crippen MR) is 86.0 cm³/mol. The topological polar surface area (TPSA) is 63.4 Å². The van der Waals surface area contributed by atoms with Gasteiger partial charge in [0.2, 0.25) is 10.0 Å². The smallest absolute Gasteiger partial charge is 0.244 e. The normalized spacial score (nSPS) is 23.5. The first kappa shape index (κ1) is 16.7. The Bertz CT molecular complexity index is 596. The van der Waals surface area contributed by atoms with Gasteiger partial charge < -0.3 is 5.73 Å². The van der Waals surface area contributed by atoms with E-state index < -0.39 is 10.0 Å². The van der Waals surface area contributed by atoms with Crippen molar-refractivity contribution in [3.05, 3.63) is 28.8 Å². The number of benzene rings is 1. The minimum absolute atomic E-state index is 0.0252. The van der Waals surface area contributed by atoms with Gasteiger partial charge in [0.1, 0.15) is 4.90 Å². The van der Waals surface area contributed by atoms with Crippen LogP contribution in [0.25, 0.3) is 0 Å². The second kappa shape index (κ2) is 6.65. The highest BCUT2D eigenvalue weighted by Crippen LogP contribution is 2.30. The van der Waals surface area contributed by atoms with Crippen LogP contribution in [-0.4, -0.2) is 31.4 Å². The van der Waals surface area contributed by atoms with E-state index >= 15 is 0 Å². The first-order chi connectivity index (χ1) is 9.86. The van der Waals surface area contributed by atoms with E-state index in [9.17, 15) is 8.42 Å². The van der Waals surface area contributed by atoms with Crippen molar-refractivity contribution in [3.8, 4) is 0 Å². The van der Waals surface area contributed by atoms with Gasteiger partial charge in [-0.25, -0.2) is 8.42 Å². The maximum atomic E-state index is 12.9. The number of sulfonamides is 1. The summed E-state index contributed by atoms with van der Waals surface area (Å²) in [5.41, 5.74) is 6.86. The monoisotopic (exact) mass is 330 g/mol. The van der Waals surface area contributed by atoms with Gasteiger partial charge in [0.25, 0.3) is 0 Å². The molecular weight excluding hydrogens is 308 g/mol. The van der Waals surface area contributed by atoms with Crippen molar-refractivity contribution in [2.75, 3.05) is 6.54 Å². The SMILES string of the molecule is CCN(C1CCC(N)CC1)S(=O)(=O)c1ccc(C)cc1Cl. The highest BCUT2D eigenvalue weighted by Gasteiger charge is 2.33. The molecule has 0 saturated heterocycles. The summed E-state index contributed by atoms with van der Waals surface area (Å²) in [7, 11) is -3.56. The van der Waals surface area contributed by atoms with Crippen LogP contribution in [0.15, 0.2) is 23.1 Å². The van der Waals surface area contributed by atoms with Crippen molar-refractivity contribution in [2.45, 2.75) is 56.5 Å². The van der Waals surface area contributed by atoms with E-state index in [2.05, 4.69) is 0 Å². The van der Waals surface area contributed by atoms with Gasteiger partial charge in [0.05, 0.1) is 5.02 Å². The maximum absolute atomic E-state index is 12.9. The van der Waals surface area contributed by atoms with Crippen LogP contribution < -0.4 is 5.73 Å². The van der Waals surface area contributed by atoms with Gasteiger partial charge in [-0.2, -0.15) is 4.31 Å². The number of nitrogens with zero attached hydrogens (tertiary/aromatic N) is 1. The van der Waals surface area contributed by atoms with Crippen LogP contribution in [0.4, 0.5) is 0 Å². The largest absolute Gasteiger partial charge is 0.328 e. The van der Waals surface area contributed by atoms with Gasteiger partial charge >= 0.3 is 0 Å². The fraction of sp³-hybridized carbons (Fsp3) is 0.600. The summed E-state index contributed by atoms with van der Waals surface area (Å²) in [6.07, 6.45) is 3.38. The third-order valence-electron chi connectivity index (χ3n) is 4.13. The molecule has 1 aromatic carbocycles. The molecule has 0 amide bonds. The van der Waals surface area contributed by atoms with E-state index in [0.717, 1.165) is 31.2 Å². The zero-order valence-corrected chi connectivity index (χ0v) is 14.1. The Morgan fingerprint density at radius 2 is 1.90 bits per heavy atom. The summed E-state index contributed by atoms with van der Waals surface area (Å²) in [6, 6.07) is 5.30. The van der Waals surface area contributed by atoms with Crippen molar-refractivity contribution in [2.24, 2.45) is 5.73 Å². The van der Waals surface area contributed by atoms with Crippen LogP contribution in [0.2, 0.25) is 5.02 Å². The second-order valence-corrected chi connectivity index (χ2v) is 7.98. The molecule has 0 unspecified atom stereocenters. The number of nitrogens with two attached hydrogens (primary N) is 1. The lowest BCUT2D eigenvalue weighted by atomic mass is 9.92. The van der Waals surface area contributed by atoms with E-state index in [1.807, 2.05) is 13.8 Å². The molecule has 2 rings (SSSR count). The average Bonchev–Trinajstić information content (AvgIpc) is 2.41. The molecule has 1 aliphatic rings. The molecule has 118 valence electrons. The summed E-state index contributed by atoms with van der Waals surface area (Å²) in [6.45, 7) is 4.21. The maximum Gasteiger partial charge on any atom is 0.244 e. The number of rotatable bonds is 4. The van der Waals surface area contributed by atoms with Crippen LogP contribution in [0.3, 0.4) is 0 Å². The lowest BCUT2D eigenvalue weighted by molar-refractivity contribution is 0.247. The number of aryl methyl sites for hydroxylation is 1. The van der Waals surface area contributed by atoms with E-state index in [-0.39, 0.29) is 17.0 Å². The summed E-state index contributed by atoms with van der Waals surface area (Å²) in [5.74, 6) is 0. The van der Waals surface area contributed by atoms with E-state index in [1.54, 1.807) is 22.5 Å². The Morgan fingerprint density at radius 3 is 2.43 bits per heavy atom. The highest BCUT2D eigenvalue weighted by atomic mass is 35.5. The van der Waals surface area contributed by atoms with Crippen molar-refractivity contribution in [1.29, 1.82) is 0 Å². The summed E-state index contributed by atoms with van der Waals surface area (Å²) in [5, 5.41) is 0.293. The van der Waals surface area contributed by atoms with Gasteiger partial charge in [0.15, 0.2) is 0 Å². The summed E-state index contributed by atoms with van der Waals surface area (Å²) in [4.78, 5) is 0.200. The Labute approximate surface area is 132 Å². The molecule has 1 saturated carbocycles. The van der Waals surface area contributed by atoms with Crippen LogP contribution in [0, 0.1) is 6.92 Å². The quantitative estimate of drug-likeness (QED) is 0.923. The number of halogens is 1. The van der Waals surface area contributed by atoms with Gasteiger partial charge in [-0.15, -0.1) is 0 Å². The Kier molecular flexibility index (Phi) is 5.30. The molecule has 0 spiro atoms. The van der Waals surface area contributed by atoms with Crippen molar-refractivity contribution < 1.29 is 8.42 Å². The molecule has 0 aromatic heterocycles. The predicted octanol–water partition coefficient (Wildman–Crippen LogP) is 2.93. The second-order valence-electron chi connectivity index (χ2n) is 5.71. The molecule has 1 aliphatic carbocycles. The van der Waals surface area contributed by atoms with Crippen molar-refractivity contribution in [1.82, 2.24) is 4.31 Å². The van der Waals surface area contributed by atoms with Gasteiger partial charge in [0, 0.05) is 18.6 Å². The Balaban J connectivity index is 2.31. The van der Waals surface area contributed by atoms with Gasteiger partial charge in [-0.1, -0.05) is 24.6 Å². The van der Waals surface area contributed by atoms with E-state index in [4.69, 9.17) is 17.3 Å². The summed E-state index contributed by atoms with van der Waals surface area (Å²) >= 11 is 6.15. The number of hydrogen-bond donors (Lipinski definition) is 1. The lowest BCUT2D eigenvalue weighted by Crippen LogP contribution is -2.44. The molecular formula is C15H23ClN2O2S. The fourth-order valence-electron chi connectivity index (χ4n) is 2.96. The molecule has 0 aliphatic heterocycles. The van der Waals surface area contributed by atoms with Gasteiger partial charge in [-0.05, 0) is 50.3 Å². The van der Waals surface area contributed by atoms with Crippen LogP contribution in [-0.2, 0) is 10.0 Å². The fourth-order valence-corrected chi connectivity index (χ4v) is 5.22. The third kappa shape index (κ3) is 3.59. The molecule has 1 fully saturated rings. The molecule has 2 N–H and O–H groups in total. The minimum atomic E-state index is -3.56. The zero-order valence-electron chi connectivity index (χ0n) is 12.5. The van der Waals surface area contributed by atoms with Crippen molar-refractivity contribution >= 4 is 21.6 Å².